The average Bonchev–Trinajstić information content (AvgIpc) is 2.48. The van der Waals surface area contributed by atoms with Crippen LogP contribution in [0.4, 0.5) is 0 Å². The van der Waals surface area contributed by atoms with Crippen LogP contribution in [0.3, 0.4) is 0 Å². The number of nitrogens with zero attached hydrogens (tertiary/aromatic N) is 1. The van der Waals surface area contributed by atoms with Crippen molar-refractivity contribution in [3.05, 3.63) is 22.9 Å². The Morgan fingerprint density at radius 2 is 2.42 bits per heavy atom. The molecular formula is C8H10BrNO2. The summed E-state index contributed by atoms with van der Waals surface area (Å²) in [4.78, 5) is 11.1. The fourth-order valence-corrected chi connectivity index (χ4v) is 1.55. The van der Waals surface area contributed by atoms with E-state index in [1.807, 2.05) is 18.3 Å². The lowest BCUT2D eigenvalue weighted by Gasteiger charge is -2.11. The molecule has 1 aromatic heterocycles. The highest BCUT2D eigenvalue weighted by atomic mass is 79.9. The molecule has 0 aliphatic carbocycles. The molecule has 0 unspecified atom stereocenters. The first-order chi connectivity index (χ1) is 5.66. The maximum absolute atomic E-state index is 11.1. The van der Waals surface area contributed by atoms with Gasteiger partial charge in [0.2, 0.25) is 0 Å². The predicted octanol–water partition coefficient (Wildman–Crippen LogP) is 1.98. The summed E-state index contributed by atoms with van der Waals surface area (Å²) in [6.07, 6.45) is 1.83. The van der Waals surface area contributed by atoms with Crippen LogP contribution in [0, 0.1) is 0 Å². The van der Waals surface area contributed by atoms with E-state index in [0.717, 1.165) is 4.60 Å². The Bertz CT molecular complexity index is 282. The van der Waals surface area contributed by atoms with Gasteiger partial charge in [0.25, 0.3) is 0 Å². The number of esters is 1. The molecule has 1 atom stereocenters. The number of carbonyl (C=O) groups is 1. The number of rotatable bonds is 2. The average molecular weight is 232 g/mol. The fraction of sp³-hybridized carbons (Fsp3) is 0.375. The van der Waals surface area contributed by atoms with Crippen molar-refractivity contribution < 1.29 is 9.53 Å². The zero-order valence-electron chi connectivity index (χ0n) is 6.95. The SMILES string of the molecule is COC(=O)[C@H](C)n1cccc1Br. The summed E-state index contributed by atoms with van der Waals surface area (Å²) in [6.45, 7) is 1.79. The molecule has 0 amide bonds. The molecule has 12 heavy (non-hydrogen) atoms. The van der Waals surface area contributed by atoms with Crippen molar-refractivity contribution >= 4 is 21.9 Å². The van der Waals surface area contributed by atoms with Gasteiger partial charge in [-0.25, -0.2) is 4.79 Å². The van der Waals surface area contributed by atoms with Crippen LogP contribution in [0.2, 0.25) is 0 Å². The summed E-state index contributed by atoms with van der Waals surface area (Å²) in [5, 5.41) is 0. The third-order valence-electron chi connectivity index (χ3n) is 1.69. The van der Waals surface area contributed by atoms with Crippen molar-refractivity contribution in [3.63, 3.8) is 0 Å². The van der Waals surface area contributed by atoms with Crippen LogP contribution in [-0.4, -0.2) is 17.6 Å². The Hall–Kier alpha value is -0.770. The van der Waals surface area contributed by atoms with Gasteiger partial charge in [-0.05, 0) is 35.0 Å². The largest absolute Gasteiger partial charge is 0.467 e. The predicted molar refractivity (Wildman–Crippen MR) is 48.9 cm³/mol. The Morgan fingerprint density at radius 1 is 1.75 bits per heavy atom. The Kier molecular flexibility index (Phi) is 2.92. The molecule has 0 bridgehead atoms. The smallest absolute Gasteiger partial charge is 0.328 e. The van der Waals surface area contributed by atoms with Gasteiger partial charge >= 0.3 is 5.97 Å². The van der Waals surface area contributed by atoms with E-state index in [2.05, 4.69) is 20.7 Å². The summed E-state index contributed by atoms with van der Waals surface area (Å²) < 4.78 is 7.28. The highest BCUT2D eigenvalue weighted by Gasteiger charge is 2.15. The normalized spacial score (nSPS) is 12.6. The van der Waals surface area contributed by atoms with Crippen molar-refractivity contribution in [2.45, 2.75) is 13.0 Å². The zero-order chi connectivity index (χ0) is 9.14. The number of ether oxygens (including phenoxy) is 1. The molecule has 66 valence electrons. The van der Waals surface area contributed by atoms with Gasteiger partial charge in [0, 0.05) is 6.20 Å². The molecule has 0 saturated heterocycles. The Labute approximate surface area is 79.5 Å². The highest BCUT2D eigenvalue weighted by Crippen LogP contribution is 2.17. The molecule has 3 nitrogen and oxygen atoms in total. The van der Waals surface area contributed by atoms with Gasteiger partial charge in [0.05, 0.1) is 11.7 Å². The minimum absolute atomic E-state index is 0.244. The van der Waals surface area contributed by atoms with Gasteiger partial charge < -0.3 is 9.30 Å². The number of aromatic nitrogens is 1. The van der Waals surface area contributed by atoms with Gasteiger partial charge in [-0.3, -0.25) is 0 Å². The molecule has 0 fully saturated rings. The molecular weight excluding hydrogens is 222 g/mol. The molecule has 0 aromatic carbocycles. The van der Waals surface area contributed by atoms with Gasteiger partial charge in [0.1, 0.15) is 6.04 Å². The van der Waals surface area contributed by atoms with E-state index in [4.69, 9.17) is 0 Å². The third kappa shape index (κ3) is 1.69. The van der Waals surface area contributed by atoms with E-state index in [9.17, 15) is 4.79 Å². The standard InChI is InChI=1S/C8H10BrNO2/c1-6(8(11)12-2)10-5-3-4-7(10)9/h3-6H,1-2H3/t6-/m0/s1. The van der Waals surface area contributed by atoms with E-state index in [1.54, 1.807) is 11.5 Å². The first kappa shape index (κ1) is 9.32. The van der Waals surface area contributed by atoms with Crippen molar-refractivity contribution in [1.82, 2.24) is 4.57 Å². The van der Waals surface area contributed by atoms with E-state index >= 15 is 0 Å². The third-order valence-corrected chi connectivity index (χ3v) is 2.36. The van der Waals surface area contributed by atoms with Crippen molar-refractivity contribution in [1.29, 1.82) is 0 Å². The summed E-state index contributed by atoms with van der Waals surface area (Å²) in [6, 6.07) is 3.46. The van der Waals surface area contributed by atoms with Gasteiger partial charge in [-0.2, -0.15) is 0 Å². The summed E-state index contributed by atoms with van der Waals surface area (Å²) in [5.41, 5.74) is 0. The van der Waals surface area contributed by atoms with E-state index < -0.39 is 0 Å². The van der Waals surface area contributed by atoms with Crippen molar-refractivity contribution in [2.75, 3.05) is 7.11 Å². The highest BCUT2D eigenvalue weighted by molar-refractivity contribution is 9.10. The summed E-state index contributed by atoms with van der Waals surface area (Å²) >= 11 is 3.32. The van der Waals surface area contributed by atoms with E-state index in [0.29, 0.717) is 0 Å². The molecule has 0 aliphatic rings. The summed E-state index contributed by atoms with van der Waals surface area (Å²) in [7, 11) is 1.39. The number of methoxy groups -OCH3 is 1. The van der Waals surface area contributed by atoms with Gasteiger partial charge in [-0.1, -0.05) is 0 Å². The van der Waals surface area contributed by atoms with Crippen LogP contribution in [0.25, 0.3) is 0 Å². The molecule has 1 rings (SSSR count). The monoisotopic (exact) mass is 231 g/mol. The minimum Gasteiger partial charge on any atom is -0.467 e. The minimum atomic E-state index is -0.278. The fourth-order valence-electron chi connectivity index (χ4n) is 0.971. The number of carbonyl (C=O) groups excluding carboxylic acids is 1. The van der Waals surface area contributed by atoms with Crippen molar-refractivity contribution in [2.24, 2.45) is 0 Å². The van der Waals surface area contributed by atoms with Crippen LogP contribution < -0.4 is 0 Å². The second kappa shape index (κ2) is 3.76. The second-order valence-corrected chi connectivity index (χ2v) is 3.25. The lowest BCUT2D eigenvalue weighted by molar-refractivity contribution is -0.144. The number of halogens is 1. The molecule has 0 spiro atoms. The molecule has 4 heteroatoms. The lowest BCUT2D eigenvalue weighted by atomic mass is 10.3. The number of hydrogen-bond donors (Lipinski definition) is 0. The zero-order valence-corrected chi connectivity index (χ0v) is 8.54. The van der Waals surface area contributed by atoms with E-state index in [1.165, 1.54) is 7.11 Å². The van der Waals surface area contributed by atoms with E-state index in [-0.39, 0.29) is 12.0 Å². The maximum atomic E-state index is 11.1. The van der Waals surface area contributed by atoms with Gasteiger partial charge in [0.15, 0.2) is 0 Å². The van der Waals surface area contributed by atoms with Crippen LogP contribution in [0.5, 0.6) is 0 Å². The molecule has 0 N–H and O–H groups in total. The van der Waals surface area contributed by atoms with Crippen LogP contribution in [0.15, 0.2) is 22.9 Å². The molecule has 0 saturated carbocycles. The van der Waals surface area contributed by atoms with Crippen LogP contribution >= 0.6 is 15.9 Å². The van der Waals surface area contributed by atoms with Crippen molar-refractivity contribution in [3.8, 4) is 0 Å². The first-order valence-corrected chi connectivity index (χ1v) is 4.36. The first-order valence-electron chi connectivity index (χ1n) is 3.57. The molecule has 1 heterocycles. The van der Waals surface area contributed by atoms with Gasteiger partial charge in [-0.15, -0.1) is 0 Å². The Morgan fingerprint density at radius 3 is 2.83 bits per heavy atom. The Balaban J connectivity index is 2.84. The lowest BCUT2D eigenvalue weighted by Crippen LogP contribution is -2.16. The molecule has 1 aromatic rings. The maximum Gasteiger partial charge on any atom is 0.328 e. The number of hydrogen-bond acceptors (Lipinski definition) is 2. The summed E-state index contributed by atoms with van der Waals surface area (Å²) in [5.74, 6) is -0.244. The topological polar surface area (TPSA) is 31.2 Å². The molecule has 0 radical (unpaired) electrons. The second-order valence-electron chi connectivity index (χ2n) is 2.44. The van der Waals surface area contributed by atoms with Crippen LogP contribution in [0.1, 0.15) is 13.0 Å². The van der Waals surface area contributed by atoms with Crippen LogP contribution in [-0.2, 0) is 9.53 Å². The molecule has 0 aliphatic heterocycles. The quantitative estimate of drug-likeness (QED) is 0.730.